The van der Waals surface area contributed by atoms with Crippen LogP contribution in [0.25, 0.3) is 16.2 Å². The maximum absolute atomic E-state index is 9.38. The van der Waals surface area contributed by atoms with Gasteiger partial charge in [-0.2, -0.15) is 0 Å². The lowest BCUT2D eigenvalue weighted by molar-refractivity contribution is 0.475. The molecular formula is C15H12N4O2S. The Bertz CT molecular complexity index is 894. The van der Waals surface area contributed by atoms with Crippen LogP contribution in [0.2, 0.25) is 0 Å². The monoisotopic (exact) mass is 312 g/mol. The van der Waals surface area contributed by atoms with Crippen LogP contribution < -0.4 is 5.32 Å². The van der Waals surface area contributed by atoms with E-state index >= 15 is 0 Å². The standard InChI is InChI=1S/C15H12N4O2S/c20-11-5-3-10(4-6-11)13-9-17-15-19(13)18-14(22-15)16-8-12-2-1-7-21-12/h1-7,9,20H,8H2,(H,16,18). The van der Waals surface area contributed by atoms with Gasteiger partial charge in [-0.05, 0) is 36.4 Å². The van der Waals surface area contributed by atoms with Gasteiger partial charge in [0.1, 0.15) is 11.5 Å². The molecule has 0 spiro atoms. The molecule has 0 aliphatic carbocycles. The Morgan fingerprint density at radius 3 is 2.86 bits per heavy atom. The van der Waals surface area contributed by atoms with Crippen LogP contribution in [0.15, 0.2) is 53.3 Å². The summed E-state index contributed by atoms with van der Waals surface area (Å²) >= 11 is 1.48. The smallest absolute Gasteiger partial charge is 0.214 e. The summed E-state index contributed by atoms with van der Waals surface area (Å²) in [5, 5.41) is 17.9. The van der Waals surface area contributed by atoms with Gasteiger partial charge in [0.2, 0.25) is 10.1 Å². The molecule has 0 saturated heterocycles. The Morgan fingerprint density at radius 1 is 1.23 bits per heavy atom. The Hall–Kier alpha value is -2.80. The maximum atomic E-state index is 9.38. The van der Waals surface area contributed by atoms with Crippen LogP contribution in [-0.2, 0) is 6.54 Å². The van der Waals surface area contributed by atoms with Gasteiger partial charge in [0.25, 0.3) is 0 Å². The molecular weight excluding hydrogens is 300 g/mol. The van der Waals surface area contributed by atoms with Crippen molar-refractivity contribution in [2.24, 2.45) is 0 Å². The molecule has 0 bridgehead atoms. The first-order valence-corrected chi connectivity index (χ1v) is 7.51. The molecule has 22 heavy (non-hydrogen) atoms. The van der Waals surface area contributed by atoms with Crippen molar-refractivity contribution in [3.05, 3.63) is 54.6 Å². The van der Waals surface area contributed by atoms with E-state index in [1.165, 1.54) is 11.3 Å². The highest BCUT2D eigenvalue weighted by molar-refractivity contribution is 7.20. The highest BCUT2D eigenvalue weighted by Gasteiger charge is 2.11. The lowest BCUT2D eigenvalue weighted by Crippen LogP contribution is -1.98. The molecule has 7 heteroatoms. The van der Waals surface area contributed by atoms with Crippen molar-refractivity contribution >= 4 is 21.4 Å². The largest absolute Gasteiger partial charge is 0.508 e. The SMILES string of the molecule is Oc1ccc(-c2cnc3sc(NCc4ccco4)nn23)cc1. The molecule has 3 heterocycles. The molecule has 0 fully saturated rings. The van der Waals surface area contributed by atoms with Gasteiger partial charge >= 0.3 is 0 Å². The number of fused-ring (bicyclic) bond motifs is 1. The summed E-state index contributed by atoms with van der Waals surface area (Å²) in [6.45, 7) is 0.582. The summed E-state index contributed by atoms with van der Waals surface area (Å²) in [7, 11) is 0. The third-order valence-electron chi connectivity index (χ3n) is 3.24. The number of rotatable bonds is 4. The molecule has 0 amide bonds. The second-order valence-corrected chi connectivity index (χ2v) is 5.68. The highest BCUT2D eigenvalue weighted by atomic mass is 32.1. The van der Waals surface area contributed by atoms with Crippen molar-refractivity contribution < 1.29 is 9.52 Å². The molecule has 0 atom stereocenters. The minimum atomic E-state index is 0.239. The van der Waals surface area contributed by atoms with E-state index in [0.717, 1.165) is 27.1 Å². The fourth-order valence-corrected chi connectivity index (χ4v) is 2.94. The third kappa shape index (κ3) is 2.31. The van der Waals surface area contributed by atoms with E-state index in [1.807, 2.05) is 24.3 Å². The number of aromatic hydroxyl groups is 1. The fourth-order valence-electron chi connectivity index (χ4n) is 2.17. The summed E-state index contributed by atoms with van der Waals surface area (Å²) in [6, 6.07) is 10.7. The molecule has 6 nitrogen and oxygen atoms in total. The van der Waals surface area contributed by atoms with Crippen LogP contribution in [0.1, 0.15) is 5.76 Å². The van der Waals surface area contributed by atoms with Gasteiger partial charge < -0.3 is 14.8 Å². The first kappa shape index (κ1) is 12.9. The lowest BCUT2D eigenvalue weighted by Gasteiger charge is -2.00. The Labute approximate surface area is 129 Å². The maximum Gasteiger partial charge on any atom is 0.214 e. The molecule has 1 aromatic carbocycles. The fraction of sp³-hybridized carbons (Fsp3) is 0.0667. The number of phenolic OH excluding ortho intramolecular Hbond substituents is 1. The second-order valence-electron chi connectivity index (χ2n) is 4.72. The van der Waals surface area contributed by atoms with Gasteiger partial charge in [-0.3, -0.25) is 0 Å². The molecule has 110 valence electrons. The summed E-state index contributed by atoms with van der Waals surface area (Å²) in [4.78, 5) is 5.19. The van der Waals surface area contributed by atoms with Gasteiger partial charge in [0.15, 0.2) is 0 Å². The van der Waals surface area contributed by atoms with E-state index < -0.39 is 0 Å². The summed E-state index contributed by atoms with van der Waals surface area (Å²) in [5.41, 5.74) is 1.84. The van der Waals surface area contributed by atoms with Crippen molar-refractivity contribution in [3.8, 4) is 17.0 Å². The minimum absolute atomic E-state index is 0.239. The summed E-state index contributed by atoms with van der Waals surface area (Å²) in [5.74, 6) is 1.09. The number of hydrogen-bond acceptors (Lipinski definition) is 6. The van der Waals surface area contributed by atoms with E-state index in [2.05, 4.69) is 15.4 Å². The van der Waals surface area contributed by atoms with E-state index in [0.29, 0.717) is 6.54 Å². The van der Waals surface area contributed by atoms with Crippen LogP contribution in [0.3, 0.4) is 0 Å². The predicted molar refractivity (Wildman–Crippen MR) is 84.0 cm³/mol. The Balaban J connectivity index is 1.62. The number of nitrogens with one attached hydrogen (secondary N) is 1. The van der Waals surface area contributed by atoms with Crippen LogP contribution in [-0.4, -0.2) is 19.7 Å². The van der Waals surface area contributed by atoms with Gasteiger partial charge in [0, 0.05) is 5.56 Å². The lowest BCUT2D eigenvalue weighted by atomic mass is 10.2. The quantitative estimate of drug-likeness (QED) is 0.604. The zero-order chi connectivity index (χ0) is 14.9. The number of hydrogen-bond donors (Lipinski definition) is 2. The second kappa shape index (κ2) is 5.19. The first-order valence-electron chi connectivity index (χ1n) is 6.70. The number of imidazole rings is 1. The van der Waals surface area contributed by atoms with Crippen molar-refractivity contribution in [1.82, 2.24) is 14.6 Å². The molecule has 2 N–H and O–H groups in total. The average molecular weight is 312 g/mol. The van der Waals surface area contributed by atoms with Gasteiger partial charge in [-0.1, -0.05) is 11.3 Å². The Kier molecular flexibility index (Phi) is 3.05. The number of anilines is 1. The summed E-state index contributed by atoms with van der Waals surface area (Å²) in [6.07, 6.45) is 3.43. The number of benzene rings is 1. The molecule has 3 aromatic heterocycles. The number of nitrogens with zero attached hydrogens (tertiary/aromatic N) is 3. The van der Waals surface area contributed by atoms with Crippen molar-refractivity contribution in [2.75, 3.05) is 5.32 Å². The molecule has 0 aliphatic rings. The number of furan rings is 1. The number of phenols is 1. The van der Waals surface area contributed by atoms with Crippen molar-refractivity contribution in [1.29, 1.82) is 0 Å². The third-order valence-corrected chi connectivity index (χ3v) is 4.12. The average Bonchev–Trinajstić information content (AvgIpc) is 3.23. The zero-order valence-corrected chi connectivity index (χ0v) is 12.2. The van der Waals surface area contributed by atoms with Crippen LogP contribution >= 0.6 is 11.3 Å². The molecule has 0 radical (unpaired) electrons. The molecule has 4 rings (SSSR count). The molecule has 0 aliphatic heterocycles. The zero-order valence-electron chi connectivity index (χ0n) is 11.4. The van der Waals surface area contributed by atoms with Crippen molar-refractivity contribution in [2.45, 2.75) is 6.54 Å². The van der Waals surface area contributed by atoms with Gasteiger partial charge in [-0.15, -0.1) is 5.10 Å². The summed E-state index contributed by atoms with van der Waals surface area (Å²) < 4.78 is 7.08. The first-order chi connectivity index (χ1) is 10.8. The highest BCUT2D eigenvalue weighted by Crippen LogP contribution is 2.27. The molecule has 4 aromatic rings. The van der Waals surface area contributed by atoms with Gasteiger partial charge in [-0.25, -0.2) is 9.50 Å². The normalized spacial score (nSPS) is 11.1. The van der Waals surface area contributed by atoms with Gasteiger partial charge in [0.05, 0.1) is 24.7 Å². The van der Waals surface area contributed by atoms with E-state index in [-0.39, 0.29) is 5.75 Å². The predicted octanol–water partition coefficient (Wildman–Crippen LogP) is 3.37. The topological polar surface area (TPSA) is 75.6 Å². The van der Waals surface area contributed by atoms with Crippen LogP contribution in [0.4, 0.5) is 5.13 Å². The Morgan fingerprint density at radius 2 is 2.09 bits per heavy atom. The number of aromatic nitrogens is 3. The molecule has 0 saturated carbocycles. The molecule has 0 unspecified atom stereocenters. The van der Waals surface area contributed by atoms with E-state index in [4.69, 9.17) is 4.42 Å². The van der Waals surface area contributed by atoms with Crippen LogP contribution in [0.5, 0.6) is 5.75 Å². The van der Waals surface area contributed by atoms with Crippen LogP contribution in [0, 0.1) is 0 Å². The van der Waals surface area contributed by atoms with E-state index in [9.17, 15) is 5.11 Å². The van der Waals surface area contributed by atoms with Crippen molar-refractivity contribution in [3.63, 3.8) is 0 Å². The van der Waals surface area contributed by atoms with E-state index in [1.54, 1.807) is 29.1 Å². The minimum Gasteiger partial charge on any atom is -0.508 e.